The zero-order chi connectivity index (χ0) is 23.9. The molecule has 170 valence electrons. The van der Waals surface area contributed by atoms with E-state index >= 15 is 0 Å². The number of hydrogen-bond acceptors (Lipinski definition) is 6. The summed E-state index contributed by atoms with van der Waals surface area (Å²) in [4.78, 5) is 23.5. The highest BCUT2D eigenvalue weighted by Crippen LogP contribution is 2.25. The van der Waals surface area contributed by atoms with Crippen LogP contribution in [-0.4, -0.2) is 41.9 Å². The molecular formula is C28H26N4O2. The van der Waals surface area contributed by atoms with E-state index in [-0.39, 0.29) is 5.78 Å². The van der Waals surface area contributed by atoms with Gasteiger partial charge in [-0.1, -0.05) is 30.3 Å². The molecule has 0 saturated carbocycles. The first kappa shape index (κ1) is 22.7. The van der Waals surface area contributed by atoms with Gasteiger partial charge in [0.1, 0.15) is 11.6 Å². The average Bonchev–Trinajstić information content (AvgIpc) is 2.86. The Labute approximate surface area is 199 Å². The number of allylic oxidation sites excluding steroid dienone is 1. The largest absolute Gasteiger partial charge is 0.497 e. The summed E-state index contributed by atoms with van der Waals surface area (Å²) >= 11 is 0. The number of carbonyl (C=O) groups is 1. The Balaban J connectivity index is 1.59. The number of anilines is 2. The number of ketones is 1. The number of nitrogens with one attached hydrogen (secondary N) is 1. The van der Waals surface area contributed by atoms with Crippen molar-refractivity contribution in [3.8, 4) is 5.75 Å². The van der Waals surface area contributed by atoms with Gasteiger partial charge in [0, 0.05) is 43.0 Å². The number of rotatable bonds is 8. The number of aromatic nitrogens is 2. The molecule has 0 aliphatic rings. The molecule has 6 nitrogen and oxygen atoms in total. The van der Waals surface area contributed by atoms with E-state index in [1.54, 1.807) is 31.5 Å². The van der Waals surface area contributed by atoms with Crippen molar-refractivity contribution < 1.29 is 9.53 Å². The number of para-hydroxylation sites is 1. The Morgan fingerprint density at radius 2 is 1.65 bits per heavy atom. The van der Waals surface area contributed by atoms with Crippen LogP contribution in [0.15, 0.2) is 85.1 Å². The number of fused-ring (bicyclic) bond motifs is 1. The molecule has 0 aliphatic carbocycles. The predicted molar refractivity (Wildman–Crippen MR) is 138 cm³/mol. The van der Waals surface area contributed by atoms with Crippen molar-refractivity contribution in [1.82, 2.24) is 14.9 Å². The summed E-state index contributed by atoms with van der Waals surface area (Å²) in [7, 11) is 5.41. The van der Waals surface area contributed by atoms with Crippen LogP contribution in [0.25, 0.3) is 23.1 Å². The van der Waals surface area contributed by atoms with Crippen LogP contribution in [0.2, 0.25) is 0 Å². The van der Waals surface area contributed by atoms with Crippen LogP contribution in [0.3, 0.4) is 0 Å². The second-order valence-electron chi connectivity index (χ2n) is 7.90. The first-order chi connectivity index (χ1) is 16.5. The fourth-order valence-corrected chi connectivity index (χ4v) is 3.32. The number of methoxy groups -OCH3 is 1. The smallest absolute Gasteiger partial charge is 0.187 e. The van der Waals surface area contributed by atoms with E-state index in [4.69, 9.17) is 9.72 Å². The number of hydrogen-bond donors (Lipinski definition) is 1. The highest BCUT2D eigenvalue weighted by Gasteiger charge is 2.08. The summed E-state index contributed by atoms with van der Waals surface area (Å²) in [5.74, 6) is 2.06. The number of ether oxygens (including phenoxy) is 1. The van der Waals surface area contributed by atoms with Crippen LogP contribution in [-0.2, 0) is 0 Å². The van der Waals surface area contributed by atoms with Crippen molar-refractivity contribution in [2.24, 2.45) is 0 Å². The van der Waals surface area contributed by atoms with Gasteiger partial charge in [-0.3, -0.25) is 4.79 Å². The Bertz CT molecular complexity index is 1340. The molecule has 34 heavy (non-hydrogen) atoms. The molecular weight excluding hydrogens is 424 g/mol. The maximum Gasteiger partial charge on any atom is 0.187 e. The monoisotopic (exact) mass is 450 g/mol. The molecule has 0 radical (unpaired) electrons. The van der Waals surface area contributed by atoms with Crippen LogP contribution < -0.4 is 10.1 Å². The summed E-state index contributed by atoms with van der Waals surface area (Å²) in [5, 5.41) is 4.29. The molecule has 3 aromatic carbocycles. The summed E-state index contributed by atoms with van der Waals surface area (Å²) in [6.45, 7) is 0. The second kappa shape index (κ2) is 10.4. The van der Waals surface area contributed by atoms with Crippen molar-refractivity contribution in [3.05, 3.63) is 102 Å². The third-order valence-electron chi connectivity index (χ3n) is 5.12. The lowest BCUT2D eigenvalue weighted by molar-refractivity contribution is 0.104. The summed E-state index contributed by atoms with van der Waals surface area (Å²) in [6.07, 6.45) is 7.15. The van der Waals surface area contributed by atoms with E-state index in [0.717, 1.165) is 27.9 Å². The van der Waals surface area contributed by atoms with Crippen molar-refractivity contribution in [2.75, 3.05) is 26.5 Å². The van der Waals surface area contributed by atoms with E-state index in [0.29, 0.717) is 17.2 Å². The lowest BCUT2D eigenvalue weighted by atomic mass is 10.1. The van der Waals surface area contributed by atoms with Crippen LogP contribution in [0.1, 0.15) is 21.7 Å². The van der Waals surface area contributed by atoms with Crippen molar-refractivity contribution in [3.63, 3.8) is 0 Å². The Kier molecular flexibility index (Phi) is 6.98. The third kappa shape index (κ3) is 5.66. The zero-order valence-corrected chi connectivity index (χ0v) is 19.4. The van der Waals surface area contributed by atoms with E-state index < -0.39 is 0 Å². The lowest BCUT2D eigenvalue weighted by Gasteiger charge is -2.10. The molecule has 0 bridgehead atoms. The van der Waals surface area contributed by atoms with Crippen molar-refractivity contribution >= 4 is 40.3 Å². The minimum absolute atomic E-state index is 0.0429. The van der Waals surface area contributed by atoms with Gasteiger partial charge in [-0.2, -0.15) is 0 Å². The minimum atomic E-state index is -0.0429. The summed E-state index contributed by atoms with van der Waals surface area (Å²) < 4.78 is 5.21. The van der Waals surface area contributed by atoms with Gasteiger partial charge < -0.3 is 15.0 Å². The molecule has 0 saturated heterocycles. The van der Waals surface area contributed by atoms with E-state index in [2.05, 4.69) is 10.3 Å². The average molecular weight is 451 g/mol. The SMILES string of the molecule is COc1ccc(/C=C/c2nc(Nc3ccc(C(=O)/C=C/N(C)C)cc3)c3ccccc3n2)cc1. The topological polar surface area (TPSA) is 67.3 Å². The van der Waals surface area contributed by atoms with Gasteiger partial charge in [0.05, 0.1) is 12.6 Å². The maximum atomic E-state index is 12.3. The van der Waals surface area contributed by atoms with Gasteiger partial charge in [-0.05, 0) is 60.2 Å². The number of benzene rings is 3. The Morgan fingerprint density at radius 3 is 2.35 bits per heavy atom. The summed E-state index contributed by atoms with van der Waals surface area (Å²) in [6, 6.07) is 23.0. The predicted octanol–water partition coefficient (Wildman–Crippen LogP) is 5.81. The van der Waals surface area contributed by atoms with Crippen LogP contribution in [0.4, 0.5) is 11.5 Å². The number of nitrogens with zero attached hydrogens (tertiary/aromatic N) is 3. The molecule has 0 unspecified atom stereocenters. The van der Waals surface area contributed by atoms with E-state index in [1.807, 2.05) is 91.8 Å². The maximum absolute atomic E-state index is 12.3. The molecule has 0 aliphatic heterocycles. The molecule has 0 atom stereocenters. The Hall–Kier alpha value is -4.45. The second-order valence-corrected chi connectivity index (χ2v) is 7.90. The standard InChI is InChI=1S/C28H26N4O2/c1-32(2)19-18-26(33)21-11-13-22(14-12-21)29-28-24-6-4-5-7-25(24)30-27(31-28)17-10-20-8-15-23(34-3)16-9-20/h4-19H,1-3H3,(H,29,30,31)/b17-10+,19-18+. The highest BCUT2D eigenvalue weighted by atomic mass is 16.5. The number of carbonyl (C=O) groups excluding carboxylic acids is 1. The Morgan fingerprint density at radius 1 is 0.912 bits per heavy atom. The normalized spacial score (nSPS) is 11.3. The van der Waals surface area contributed by atoms with Gasteiger partial charge in [-0.25, -0.2) is 9.97 Å². The van der Waals surface area contributed by atoms with E-state index in [1.165, 1.54) is 0 Å². The molecule has 1 N–H and O–H groups in total. The highest BCUT2D eigenvalue weighted by molar-refractivity contribution is 6.04. The molecule has 0 spiro atoms. The van der Waals surface area contributed by atoms with Gasteiger partial charge in [-0.15, -0.1) is 0 Å². The molecule has 0 fully saturated rings. The van der Waals surface area contributed by atoms with Gasteiger partial charge >= 0.3 is 0 Å². The molecule has 4 aromatic rings. The fourth-order valence-electron chi connectivity index (χ4n) is 3.32. The first-order valence-electron chi connectivity index (χ1n) is 10.9. The van der Waals surface area contributed by atoms with Gasteiger partial charge in [0.2, 0.25) is 0 Å². The van der Waals surface area contributed by atoms with Crippen molar-refractivity contribution in [2.45, 2.75) is 0 Å². The van der Waals surface area contributed by atoms with E-state index in [9.17, 15) is 4.79 Å². The molecule has 1 aromatic heterocycles. The van der Waals surface area contributed by atoms with Crippen LogP contribution >= 0.6 is 0 Å². The molecule has 0 amide bonds. The molecule has 6 heteroatoms. The molecule has 4 rings (SSSR count). The first-order valence-corrected chi connectivity index (χ1v) is 10.9. The zero-order valence-electron chi connectivity index (χ0n) is 19.4. The fraction of sp³-hybridized carbons (Fsp3) is 0.107. The minimum Gasteiger partial charge on any atom is -0.497 e. The van der Waals surface area contributed by atoms with Crippen molar-refractivity contribution in [1.29, 1.82) is 0 Å². The third-order valence-corrected chi connectivity index (χ3v) is 5.12. The quantitative estimate of drug-likeness (QED) is 0.270. The van der Waals surface area contributed by atoms with Gasteiger partial charge in [0.15, 0.2) is 11.6 Å². The van der Waals surface area contributed by atoms with Crippen LogP contribution in [0, 0.1) is 0 Å². The summed E-state index contributed by atoms with van der Waals surface area (Å²) in [5.41, 5.74) is 3.33. The lowest BCUT2D eigenvalue weighted by Crippen LogP contribution is -2.03. The molecule has 1 heterocycles. The van der Waals surface area contributed by atoms with Crippen LogP contribution in [0.5, 0.6) is 5.75 Å². The van der Waals surface area contributed by atoms with Gasteiger partial charge in [0.25, 0.3) is 0 Å².